The molecule has 0 radical (unpaired) electrons. The predicted octanol–water partition coefficient (Wildman–Crippen LogP) is 4.22. The summed E-state index contributed by atoms with van der Waals surface area (Å²) in [4.78, 5) is 28.4. The van der Waals surface area contributed by atoms with E-state index in [0.29, 0.717) is 12.6 Å². The van der Waals surface area contributed by atoms with E-state index in [2.05, 4.69) is 46.5 Å². The van der Waals surface area contributed by atoms with Gasteiger partial charge in [-0.2, -0.15) is 0 Å². The van der Waals surface area contributed by atoms with Crippen LogP contribution in [0.4, 0.5) is 10.5 Å². The zero-order valence-corrected chi connectivity index (χ0v) is 20.3. The van der Waals surface area contributed by atoms with Crippen molar-refractivity contribution in [1.82, 2.24) is 15.5 Å². The van der Waals surface area contributed by atoms with Gasteiger partial charge in [0.15, 0.2) is 0 Å². The van der Waals surface area contributed by atoms with Crippen LogP contribution < -0.4 is 16.0 Å². The number of benzene rings is 2. The third kappa shape index (κ3) is 4.88. The van der Waals surface area contributed by atoms with Crippen LogP contribution in [0.25, 0.3) is 0 Å². The maximum atomic E-state index is 12.9. The van der Waals surface area contributed by atoms with Crippen molar-refractivity contribution >= 4 is 29.4 Å². The van der Waals surface area contributed by atoms with Gasteiger partial charge in [-0.05, 0) is 61.3 Å². The van der Waals surface area contributed by atoms with Gasteiger partial charge in [-0.1, -0.05) is 24.3 Å². The van der Waals surface area contributed by atoms with Crippen molar-refractivity contribution in [1.29, 1.82) is 0 Å². The lowest BCUT2D eigenvalue weighted by Gasteiger charge is -2.37. The summed E-state index contributed by atoms with van der Waals surface area (Å²) in [5.41, 5.74) is 4.50. The standard InChI is InChI=1S/C26H32N4O3S/c1-34-24-7-3-2-5-19(24)22-6-4-11-30(22)25(31)16-28-26(32)27-15-17-8-9-21-20(13-17)23-14-18(29-21)10-12-33-23/h2-3,5,7-9,13,18,22-23,29H,4,6,10-12,14-16H2,1H3,(H2,27,28,32)/t18?,22-,23-/m0/s1. The van der Waals surface area contributed by atoms with E-state index in [-0.39, 0.29) is 30.6 Å². The topological polar surface area (TPSA) is 82.7 Å². The Morgan fingerprint density at radius 1 is 1.15 bits per heavy atom. The van der Waals surface area contributed by atoms with Gasteiger partial charge < -0.3 is 25.6 Å². The molecule has 0 spiro atoms. The van der Waals surface area contributed by atoms with E-state index < -0.39 is 0 Å². The van der Waals surface area contributed by atoms with Crippen molar-refractivity contribution in [2.75, 3.05) is 31.3 Å². The van der Waals surface area contributed by atoms with Crippen molar-refractivity contribution in [2.45, 2.75) is 55.3 Å². The van der Waals surface area contributed by atoms with E-state index >= 15 is 0 Å². The molecule has 180 valence electrons. The zero-order valence-electron chi connectivity index (χ0n) is 19.5. The lowest BCUT2D eigenvalue weighted by Crippen LogP contribution is -2.43. The van der Waals surface area contributed by atoms with Crippen LogP contribution in [0.3, 0.4) is 0 Å². The molecule has 0 aliphatic carbocycles. The fourth-order valence-electron chi connectivity index (χ4n) is 5.32. The van der Waals surface area contributed by atoms with Crippen LogP contribution in [-0.4, -0.2) is 48.8 Å². The largest absolute Gasteiger partial charge is 0.382 e. The summed E-state index contributed by atoms with van der Waals surface area (Å²) in [5.74, 6) is -0.0441. The average Bonchev–Trinajstić information content (AvgIpc) is 3.36. The monoisotopic (exact) mass is 480 g/mol. The molecular formula is C26H32N4O3S. The second kappa shape index (κ2) is 10.3. The van der Waals surface area contributed by atoms with Crippen molar-refractivity contribution in [2.24, 2.45) is 0 Å². The molecule has 8 heteroatoms. The minimum Gasteiger partial charge on any atom is -0.382 e. The van der Waals surface area contributed by atoms with Gasteiger partial charge in [0, 0.05) is 41.9 Å². The number of urea groups is 1. The Morgan fingerprint density at radius 3 is 2.91 bits per heavy atom. The number of fused-ring (bicyclic) bond motifs is 4. The molecule has 7 nitrogen and oxygen atoms in total. The molecule has 0 saturated carbocycles. The number of ether oxygens (including phenoxy) is 1. The Balaban J connectivity index is 1.14. The lowest BCUT2D eigenvalue weighted by atomic mass is 9.90. The minimum absolute atomic E-state index is 0.00478. The molecule has 3 N–H and O–H groups in total. The molecule has 5 rings (SSSR count). The minimum atomic E-state index is -0.335. The first-order valence-electron chi connectivity index (χ1n) is 12.1. The maximum Gasteiger partial charge on any atom is 0.315 e. The van der Waals surface area contributed by atoms with Crippen LogP contribution in [0, 0.1) is 0 Å². The Labute approximate surface area is 205 Å². The van der Waals surface area contributed by atoms with E-state index in [9.17, 15) is 9.59 Å². The van der Waals surface area contributed by atoms with Gasteiger partial charge in [0.05, 0.1) is 18.7 Å². The molecule has 1 unspecified atom stereocenters. The average molecular weight is 481 g/mol. The Kier molecular flexibility index (Phi) is 6.97. The van der Waals surface area contributed by atoms with Crippen LogP contribution in [0.15, 0.2) is 47.4 Å². The van der Waals surface area contributed by atoms with Crippen molar-refractivity contribution in [3.8, 4) is 0 Å². The molecule has 34 heavy (non-hydrogen) atoms. The van der Waals surface area contributed by atoms with Gasteiger partial charge in [-0.15, -0.1) is 11.8 Å². The molecule has 2 saturated heterocycles. The van der Waals surface area contributed by atoms with E-state index in [0.717, 1.165) is 55.6 Å². The highest BCUT2D eigenvalue weighted by Gasteiger charge is 2.32. The molecule has 3 aliphatic rings. The summed E-state index contributed by atoms with van der Waals surface area (Å²) >= 11 is 1.70. The summed E-state index contributed by atoms with van der Waals surface area (Å²) in [6, 6.07) is 14.7. The highest BCUT2D eigenvalue weighted by atomic mass is 32.2. The maximum absolute atomic E-state index is 12.9. The van der Waals surface area contributed by atoms with Gasteiger partial charge in [0.1, 0.15) is 0 Å². The molecule has 3 heterocycles. The molecular weight excluding hydrogens is 448 g/mol. The van der Waals surface area contributed by atoms with Crippen LogP contribution in [0.5, 0.6) is 0 Å². The van der Waals surface area contributed by atoms with E-state index in [1.165, 1.54) is 10.5 Å². The summed E-state index contributed by atoms with van der Waals surface area (Å²) in [5, 5.41) is 9.21. The third-order valence-corrected chi connectivity index (χ3v) is 7.84. The number of nitrogens with one attached hydrogen (secondary N) is 3. The first-order chi connectivity index (χ1) is 16.6. The Morgan fingerprint density at radius 2 is 2.03 bits per heavy atom. The van der Waals surface area contributed by atoms with Crippen LogP contribution in [0.2, 0.25) is 0 Å². The summed E-state index contributed by atoms with van der Waals surface area (Å²) in [6.45, 7) is 1.90. The number of hydrogen-bond donors (Lipinski definition) is 3. The SMILES string of the molecule is CSc1ccccc1[C@@H]1CCCN1C(=O)CNC(=O)NCc1ccc2c(c1)[C@@H]1CC(CCO1)N2. The number of rotatable bonds is 6. The van der Waals surface area contributed by atoms with Gasteiger partial charge in [-0.25, -0.2) is 4.79 Å². The normalized spacial score (nSPS) is 23.1. The Hall–Kier alpha value is -2.71. The summed E-state index contributed by atoms with van der Waals surface area (Å²) in [7, 11) is 0. The van der Waals surface area contributed by atoms with Crippen LogP contribution >= 0.6 is 11.8 Å². The van der Waals surface area contributed by atoms with Crippen molar-refractivity contribution < 1.29 is 14.3 Å². The number of carbonyl (C=O) groups is 2. The lowest BCUT2D eigenvalue weighted by molar-refractivity contribution is -0.131. The number of anilines is 1. The van der Waals surface area contributed by atoms with Crippen molar-refractivity contribution in [3.63, 3.8) is 0 Å². The smallest absolute Gasteiger partial charge is 0.315 e. The quantitative estimate of drug-likeness (QED) is 0.540. The number of nitrogens with zero attached hydrogens (tertiary/aromatic N) is 1. The van der Waals surface area contributed by atoms with E-state index in [4.69, 9.17) is 4.74 Å². The highest BCUT2D eigenvalue weighted by Crippen LogP contribution is 2.39. The fourth-order valence-corrected chi connectivity index (χ4v) is 5.97. The second-order valence-electron chi connectivity index (χ2n) is 9.17. The number of likely N-dealkylation sites (tertiary alicyclic amines) is 1. The molecule has 2 fully saturated rings. The first kappa shape index (κ1) is 23.1. The predicted molar refractivity (Wildman–Crippen MR) is 134 cm³/mol. The van der Waals surface area contributed by atoms with Crippen molar-refractivity contribution in [3.05, 3.63) is 59.2 Å². The summed E-state index contributed by atoms with van der Waals surface area (Å²) in [6.07, 6.45) is 6.15. The number of hydrogen-bond acceptors (Lipinski definition) is 5. The second-order valence-corrected chi connectivity index (χ2v) is 10.0. The third-order valence-electron chi connectivity index (χ3n) is 7.03. The number of carbonyl (C=O) groups excluding carboxylic acids is 2. The molecule has 3 aliphatic heterocycles. The summed E-state index contributed by atoms with van der Waals surface area (Å²) < 4.78 is 5.94. The van der Waals surface area contributed by atoms with Gasteiger partial charge >= 0.3 is 6.03 Å². The van der Waals surface area contributed by atoms with Crippen LogP contribution in [0.1, 0.15) is 54.5 Å². The number of amides is 3. The molecule has 3 atom stereocenters. The van der Waals surface area contributed by atoms with Gasteiger partial charge in [0.25, 0.3) is 0 Å². The van der Waals surface area contributed by atoms with E-state index in [1.54, 1.807) is 11.8 Å². The molecule has 3 amide bonds. The molecule has 0 aromatic heterocycles. The van der Waals surface area contributed by atoms with Gasteiger partial charge in [0.2, 0.25) is 5.91 Å². The molecule has 2 aromatic carbocycles. The van der Waals surface area contributed by atoms with E-state index in [1.807, 2.05) is 23.1 Å². The van der Waals surface area contributed by atoms with Gasteiger partial charge in [-0.3, -0.25) is 4.79 Å². The first-order valence-corrected chi connectivity index (χ1v) is 13.3. The highest BCUT2D eigenvalue weighted by molar-refractivity contribution is 7.98. The zero-order chi connectivity index (χ0) is 23.5. The van der Waals surface area contributed by atoms with Crippen LogP contribution in [-0.2, 0) is 16.1 Å². The number of thioether (sulfide) groups is 1. The fraction of sp³-hybridized carbons (Fsp3) is 0.462. The Bertz CT molecular complexity index is 1060. The molecule has 2 bridgehead atoms. The molecule has 2 aromatic rings.